The minimum absolute atomic E-state index is 0.0752. The van der Waals surface area contributed by atoms with Crippen molar-refractivity contribution in [1.29, 1.82) is 5.26 Å². The molecule has 166 valence electrons. The largest absolute Gasteiger partial charge is 0.422 e. The second-order valence-electron chi connectivity index (χ2n) is 7.37. The van der Waals surface area contributed by atoms with Gasteiger partial charge in [0.25, 0.3) is 5.56 Å². The van der Waals surface area contributed by atoms with E-state index in [0.717, 1.165) is 5.69 Å². The number of rotatable bonds is 2. The minimum Gasteiger partial charge on any atom is -0.422 e. The molecular weight excluding hydrogens is 505 g/mol. The van der Waals surface area contributed by atoms with E-state index in [2.05, 4.69) is 11.1 Å². The van der Waals surface area contributed by atoms with E-state index in [4.69, 9.17) is 45.3 Å². The van der Waals surface area contributed by atoms with Crippen molar-refractivity contribution in [3.05, 3.63) is 90.5 Å². The lowest BCUT2D eigenvalue weighted by molar-refractivity contribution is 0.361. The van der Waals surface area contributed by atoms with E-state index in [9.17, 15) is 10.1 Å². The molecule has 2 aliphatic heterocycles. The number of nitriles is 1. The zero-order valence-electron chi connectivity index (χ0n) is 16.8. The van der Waals surface area contributed by atoms with Crippen LogP contribution in [0.5, 0.6) is 5.88 Å². The molecule has 0 fully saturated rings. The summed E-state index contributed by atoms with van der Waals surface area (Å²) in [7, 11) is 0. The number of thioether (sulfide) groups is 1. The van der Waals surface area contributed by atoms with Crippen molar-refractivity contribution in [2.24, 2.45) is 5.73 Å². The second-order valence-corrected chi connectivity index (χ2v) is 9.56. The quantitative estimate of drug-likeness (QED) is 0.479. The molecule has 0 spiro atoms. The van der Waals surface area contributed by atoms with Crippen LogP contribution in [0.4, 0.5) is 5.69 Å². The standard InChI is InChI=1S/C22H14Cl3N5O2S/c23-11-1-4-13(5-2-11)29-9-30-21(31)18-17(14-6-3-12(24)7-16(14)25)15(8-26)19(27)32-20(18)28-22(30)33-10-29/h1-7,17H,9-10,27H2. The number of benzene rings is 2. The molecule has 7 nitrogen and oxygen atoms in total. The lowest BCUT2D eigenvalue weighted by Crippen LogP contribution is -2.40. The fourth-order valence-corrected chi connectivity index (χ4v) is 5.45. The Morgan fingerprint density at radius 1 is 1.15 bits per heavy atom. The van der Waals surface area contributed by atoms with Crippen molar-refractivity contribution >= 4 is 52.3 Å². The number of fused-ring (bicyclic) bond motifs is 2. The van der Waals surface area contributed by atoms with E-state index >= 15 is 0 Å². The molecule has 2 N–H and O–H groups in total. The summed E-state index contributed by atoms with van der Waals surface area (Å²) in [6.45, 7) is 0.269. The van der Waals surface area contributed by atoms with Crippen LogP contribution in [0.15, 0.2) is 63.9 Å². The molecule has 0 bridgehead atoms. The second kappa shape index (κ2) is 8.50. The lowest BCUT2D eigenvalue weighted by atomic mass is 9.85. The first-order valence-electron chi connectivity index (χ1n) is 9.68. The van der Waals surface area contributed by atoms with Gasteiger partial charge in [0.2, 0.25) is 11.8 Å². The maximum atomic E-state index is 13.8. The van der Waals surface area contributed by atoms with Crippen molar-refractivity contribution in [2.75, 3.05) is 10.8 Å². The van der Waals surface area contributed by atoms with Crippen LogP contribution in [0.3, 0.4) is 0 Å². The summed E-state index contributed by atoms with van der Waals surface area (Å²) >= 11 is 19.9. The molecule has 0 radical (unpaired) electrons. The molecule has 11 heteroatoms. The third-order valence-corrected chi connectivity index (χ3v) is 7.26. The molecule has 1 unspecified atom stereocenters. The predicted octanol–water partition coefficient (Wildman–Crippen LogP) is 4.95. The van der Waals surface area contributed by atoms with Gasteiger partial charge in [-0.3, -0.25) is 9.36 Å². The Bertz CT molecular complexity index is 1420. The van der Waals surface area contributed by atoms with Crippen LogP contribution in [0.2, 0.25) is 15.1 Å². The van der Waals surface area contributed by atoms with Crippen LogP contribution >= 0.6 is 46.6 Å². The Morgan fingerprint density at radius 2 is 1.88 bits per heavy atom. The average molecular weight is 519 g/mol. The number of hydrogen-bond donors (Lipinski definition) is 1. The van der Waals surface area contributed by atoms with Crippen LogP contribution in [-0.2, 0) is 6.67 Å². The number of anilines is 1. The summed E-state index contributed by atoms with van der Waals surface area (Å²) in [6, 6.07) is 14.3. The van der Waals surface area contributed by atoms with E-state index in [-0.39, 0.29) is 35.1 Å². The highest BCUT2D eigenvalue weighted by molar-refractivity contribution is 7.99. The van der Waals surface area contributed by atoms with E-state index < -0.39 is 5.92 Å². The SMILES string of the molecule is N#CC1=C(N)Oc2nc3n(c(=O)c2C1c1ccc(Cl)cc1Cl)CN(c1ccc(Cl)cc1)CS3. The molecule has 2 aliphatic rings. The molecule has 0 saturated heterocycles. The van der Waals surface area contributed by atoms with Crippen LogP contribution in [-0.4, -0.2) is 15.4 Å². The van der Waals surface area contributed by atoms with E-state index in [1.807, 2.05) is 17.0 Å². The Kier molecular flexibility index (Phi) is 5.67. The molecule has 3 aromatic rings. The molecule has 1 aromatic heterocycles. The van der Waals surface area contributed by atoms with Gasteiger partial charge in [0.1, 0.15) is 18.3 Å². The van der Waals surface area contributed by atoms with E-state index in [1.165, 1.54) is 11.8 Å². The van der Waals surface area contributed by atoms with Crippen LogP contribution in [0, 0.1) is 11.3 Å². The first-order valence-corrected chi connectivity index (χ1v) is 11.8. The Hall–Kier alpha value is -2.83. The summed E-state index contributed by atoms with van der Waals surface area (Å²) in [6.07, 6.45) is 0. The smallest absolute Gasteiger partial charge is 0.263 e. The minimum atomic E-state index is -0.836. The highest BCUT2D eigenvalue weighted by atomic mass is 35.5. The molecule has 3 heterocycles. The Labute approximate surface area is 207 Å². The maximum absolute atomic E-state index is 13.8. The molecule has 5 rings (SSSR count). The molecule has 0 aliphatic carbocycles. The summed E-state index contributed by atoms with van der Waals surface area (Å²) < 4.78 is 7.18. The number of nitrogens with zero attached hydrogens (tertiary/aromatic N) is 4. The van der Waals surface area contributed by atoms with E-state index in [1.54, 1.807) is 34.9 Å². The highest BCUT2D eigenvalue weighted by Crippen LogP contribution is 2.43. The topological polar surface area (TPSA) is 97.2 Å². The molecule has 0 amide bonds. The summed E-state index contributed by atoms with van der Waals surface area (Å²) in [5, 5.41) is 11.7. The molecule has 1 atom stereocenters. The Morgan fingerprint density at radius 3 is 2.58 bits per heavy atom. The van der Waals surface area contributed by atoms with Gasteiger partial charge >= 0.3 is 0 Å². The van der Waals surface area contributed by atoms with Gasteiger partial charge < -0.3 is 15.4 Å². The van der Waals surface area contributed by atoms with Gasteiger partial charge in [-0.15, -0.1) is 0 Å². The monoisotopic (exact) mass is 517 g/mol. The Balaban J connectivity index is 1.66. The number of allylic oxidation sites excluding steroid dienone is 1. The molecule has 0 saturated carbocycles. The third-order valence-electron chi connectivity index (χ3n) is 5.43. The van der Waals surface area contributed by atoms with Gasteiger partial charge in [-0.1, -0.05) is 52.6 Å². The summed E-state index contributed by atoms with van der Waals surface area (Å²) in [5.41, 5.74) is 7.42. The van der Waals surface area contributed by atoms with Gasteiger partial charge in [0.15, 0.2) is 5.16 Å². The molecule has 33 heavy (non-hydrogen) atoms. The van der Waals surface area contributed by atoms with Crippen LogP contribution in [0.1, 0.15) is 17.0 Å². The average Bonchev–Trinajstić information content (AvgIpc) is 2.79. The summed E-state index contributed by atoms with van der Waals surface area (Å²) in [4.78, 5) is 20.3. The predicted molar refractivity (Wildman–Crippen MR) is 129 cm³/mol. The first kappa shape index (κ1) is 22.0. The van der Waals surface area contributed by atoms with Gasteiger partial charge in [-0.05, 0) is 42.0 Å². The normalized spacial score (nSPS) is 17.2. The maximum Gasteiger partial charge on any atom is 0.263 e. The van der Waals surface area contributed by atoms with E-state index in [0.29, 0.717) is 31.7 Å². The third kappa shape index (κ3) is 3.81. The van der Waals surface area contributed by atoms with Crippen LogP contribution < -0.4 is 20.9 Å². The highest BCUT2D eigenvalue weighted by Gasteiger charge is 2.37. The van der Waals surface area contributed by atoms with Gasteiger partial charge in [-0.2, -0.15) is 10.2 Å². The van der Waals surface area contributed by atoms with Crippen molar-refractivity contribution in [2.45, 2.75) is 17.7 Å². The van der Waals surface area contributed by atoms with Crippen LogP contribution in [0.25, 0.3) is 0 Å². The zero-order chi connectivity index (χ0) is 23.3. The van der Waals surface area contributed by atoms with Crippen molar-refractivity contribution in [1.82, 2.24) is 9.55 Å². The number of nitrogens with two attached hydrogens (primary N) is 1. The van der Waals surface area contributed by atoms with Gasteiger partial charge in [-0.25, -0.2) is 0 Å². The number of aromatic nitrogens is 2. The zero-order valence-corrected chi connectivity index (χ0v) is 19.8. The fourth-order valence-electron chi connectivity index (χ4n) is 3.86. The number of hydrogen-bond acceptors (Lipinski definition) is 7. The van der Waals surface area contributed by atoms with Gasteiger partial charge in [0.05, 0.1) is 17.4 Å². The summed E-state index contributed by atoms with van der Waals surface area (Å²) in [5.74, 6) is -0.293. The number of halogens is 3. The molecular formula is C22H14Cl3N5O2S. The first-order chi connectivity index (χ1) is 15.9. The van der Waals surface area contributed by atoms with Crippen molar-refractivity contribution in [3.63, 3.8) is 0 Å². The van der Waals surface area contributed by atoms with Crippen molar-refractivity contribution < 1.29 is 4.74 Å². The molecule has 2 aromatic carbocycles. The number of ether oxygens (including phenoxy) is 1. The van der Waals surface area contributed by atoms with Crippen molar-refractivity contribution in [3.8, 4) is 11.9 Å². The van der Waals surface area contributed by atoms with Gasteiger partial charge in [0, 0.05) is 20.8 Å². The lowest BCUT2D eigenvalue weighted by Gasteiger charge is -2.33. The fraction of sp³-hybridized carbons (Fsp3) is 0.136.